The van der Waals surface area contributed by atoms with Crippen LogP contribution in [0, 0.1) is 0 Å². The molecule has 0 saturated carbocycles. The van der Waals surface area contributed by atoms with Crippen molar-refractivity contribution in [3.05, 3.63) is 12.1 Å². The highest BCUT2D eigenvalue weighted by molar-refractivity contribution is 6.14. The largest absolute Gasteiger partial charge is 0.506 e. The molecule has 3 aromatic carbocycles. The van der Waals surface area contributed by atoms with E-state index in [9.17, 15) is 40.9 Å². The molecule has 0 unspecified atom stereocenters. The lowest BCUT2D eigenvalue weighted by molar-refractivity contribution is 0.350. The summed E-state index contributed by atoms with van der Waals surface area (Å²) in [6, 6.07) is 2.14. The van der Waals surface area contributed by atoms with E-state index in [1.165, 1.54) is 0 Å². The van der Waals surface area contributed by atoms with Gasteiger partial charge in [-0.1, -0.05) is 0 Å². The predicted octanol–water partition coefficient (Wildman–Crippen LogP) is 1.64. The topological polar surface area (TPSA) is 162 Å². The van der Waals surface area contributed by atoms with Crippen molar-refractivity contribution in [3.63, 3.8) is 0 Å². The molecule has 0 spiro atoms. The van der Waals surface area contributed by atoms with Crippen LogP contribution in [0.3, 0.4) is 0 Å². The number of hydrogen-bond donors (Lipinski definition) is 8. The van der Waals surface area contributed by atoms with Crippen molar-refractivity contribution in [2.75, 3.05) is 0 Å². The van der Waals surface area contributed by atoms with Crippen LogP contribution in [0.4, 0.5) is 0 Å². The third-order valence-electron chi connectivity index (χ3n) is 3.49. The van der Waals surface area contributed by atoms with Gasteiger partial charge in [-0.2, -0.15) is 0 Å². The van der Waals surface area contributed by atoms with Crippen LogP contribution in [0.2, 0.25) is 0 Å². The normalized spacial score (nSPS) is 11.3. The molecule has 0 atom stereocenters. The van der Waals surface area contributed by atoms with Gasteiger partial charge < -0.3 is 40.9 Å². The molecule has 0 aliphatic heterocycles. The van der Waals surface area contributed by atoms with E-state index >= 15 is 0 Å². The number of aromatic hydroxyl groups is 8. The summed E-state index contributed by atoms with van der Waals surface area (Å²) in [4.78, 5) is 0. The summed E-state index contributed by atoms with van der Waals surface area (Å²) < 4.78 is 0. The highest BCUT2D eigenvalue weighted by Gasteiger charge is 2.24. The molecule has 0 aromatic heterocycles. The lowest BCUT2D eigenvalue weighted by atomic mass is 9.98. The highest BCUT2D eigenvalue weighted by Crippen LogP contribution is 2.55. The van der Waals surface area contributed by atoms with Gasteiger partial charge in [0.15, 0.2) is 23.0 Å². The predicted molar refractivity (Wildman–Crippen MR) is 74.8 cm³/mol. The summed E-state index contributed by atoms with van der Waals surface area (Å²) >= 11 is 0. The maximum atomic E-state index is 10.2. The summed E-state index contributed by atoms with van der Waals surface area (Å²) in [5, 5.41) is 76.8. The van der Waals surface area contributed by atoms with Gasteiger partial charge >= 0.3 is 0 Å². The van der Waals surface area contributed by atoms with Crippen molar-refractivity contribution >= 4 is 21.5 Å². The first-order valence-corrected chi connectivity index (χ1v) is 5.94. The van der Waals surface area contributed by atoms with Gasteiger partial charge in [0.1, 0.15) is 5.75 Å². The Bertz CT molecular complexity index is 961. The van der Waals surface area contributed by atoms with Crippen molar-refractivity contribution in [1.82, 2.24) is 0 Å². The first-order chi connectivity index (χ1) is 10.3. The van der Waals surface area contributed by atoms with Gasteiger partial charge in [-0.3, -0.25) is 0 Å². The van der Waals surface area contributed by atoms with Crippen LogP contribution in [0.1, 0.15) is 0 Å². The number of phenols is 8. The molecule has 0 amide bonds. The fourth-order valence-electron chi connectivity index (χ4n) is 2.40. The average Bonchev–Trinajstić information content (AvgIpc) is 2.48. The van der Waals surface area contributed by atoms with E-state index in [2.05, 4.69) is 0 Å². The van der Waals surface area contributed by atoms with Crippen molar-refractivity contribution in [2.45, 2.75) is 0 Å². The molecule has 8 nitrogen and oxygen atoms in total. The Morgan fingerprint density at radius 2 is 1.00 bits per heavy atom. The summed E-state index contributed by atoms with van der Waals surface area (Å²) in [6.45, 7) is 0. The summed E-state index contributed by atoms with van der Waals surface area (Å²) in [5.74, 6) is -6.93. The van der Waals surface area contributed by atoms with E-state index in [0.29, 0.717) is 0 Å². The monoisotopic (exact) mass is 306 g/mol. The van der Waals surface area contributed by atoms with Gasteiger partial charge in [-0.05, 0) is 17.5 Å². The number of benzene rings is 3. The third-order valence-corrected chi connectivity index (χ3v) is 3.49. The van der Waals surface area contributed by atoms with Crippen LogP contribution in [0.15, 0.2) is 12.1 Å². The Labute approximate surface area is 121 Å². The molecule has 0 bridgehead atoms. The molecule has 0 heterocycles. The van der Waals surface area contributed by atoms with Crippen molar-refractivity contribution in [2.24, 2.45) is 0 Å². The first kappa shape index (κ1) is 13.6. The second kappa shape index (κ2) is 4.04. The lowest BCUT2D eigenvalue weighted by Gasteiger charge is -2.14. The van der Waals surface area contributed by atoms with E-state index in [-0.39, 0.29) is 16.2 Å². The Kier molecular flexibility index (Phi) is 2.49. The van der Waals surface area contributed by atoms with Gasteiger partial charge in [-0.25, -0.2) is 0 Å². The molecule has 8 heteroatoms. The van der Waals surface area contributed by atoms with E-state index in [4.69, 9.17) is 0 Å². The molecule has 0 aliphatic rings. The average molecular weight is 306 g/mol. The Hall–Kier alpha value is -3.42. The zero-order chi connectivity index (χ0) is 16.3. The quantitative estimate of drug-likeness (QED) is 0.176. The van der Waals surface area contributed by atoms with E-state index < -0.39 is 51.4 Å². The zero-order valence-electron chi connectivity index (χ0n) is 10.7. The maximum Gasteiger partial charge on any atom is 0.205 e. The smallest absolute Gasteiger partial charge is 0.205 e. The van der Waals surface area contributed by atoms with E-state index in [0.717, 1.165) is 12.1 Å². The number of rotatable bonds is 0. The molecule has 114 valence electrons. The molecule has 0 radical (unpaired) electrons. The SMILES string of the molecule is Oc1cc2cc3c(O)c(O)c(O)c(O)c3c(O)c2c(O)c1O. The fourth-order valence-corrected chi connectivity index (χ4v) is 2.40. The highest BCUT2D eigenvalue weighted by atomic mass is 16.3. The van der Waals surface area contributed by atoms with Gasteiger partial charge in [0.25, 0.3) is 0 Å². The van der Waals surface area contributed by atoms with Crippen molar-refractivity contribution < 1.29 is 40.9 Å². The molecule has 22 heavy (non-hydrogen) atoms. The molecule has 0 aliphatic carbocycles. The van der Waals surface area contributed by atoms with E-state index in [1.54, 1.807) is 0 Å². The fraction of sp³-hybridized carbons (Fsp3) is 0. The van der Waals surface area contributed by atoms with Crippen LogP contribution in [-0.4, -0.2) is 40.9 Å². The van der Waals surface area contributed by atoms with Gasteiger partial charge in [-0.15, -0.1) is 0 Å². The third kappa shape index (κ3) is 1.46. The molecular formula is C14H10O8. The van der Waals surface area contributed by atoms with Crippen molar-refractivity contribution in [1.29, 1.82) is 0 Å². The number of phenolic OH excluding ortho intramolecular Hbond substituents is 8. The maximum absolute atomic E-state index is 10.2. The zero-order valence-corrected chi connectivity index (χ0v) is 10.7. The summed E-state index contributed by atoms with van der Waals surface area (Å²) in [6.07, 6.45) is 0. The van der Waals surface area contributed by atoms with Crippen LogP contribution in [0.25, 0.3) is 21.5 Å². The Morgan fingerprint density at radius 1 is 0.455 bits per heavy atom. The molecular weight excluding hydrogens is 296 g/mol. The first-order valence-electron chi connectivity index (χ1n) is 5.94. The molecule has 3 aromatic rings. The second-order valence-corrected chi connectivity index (χ2v) is 4.73. The Morgan fingerprint density at radius 3 is 1.64 bits per heavy atom. The minimum Gasteiger partial charge on any atom is -0.506 e. The van der Waals surface area contributed by atoms with Crippen LogP contribution < -0.4 is 0 Å². The van der Waals surface area contributed by atoms with Gasteiger partial charge in [0.2, 0.25) is 17.2 Å². The Balaban J connectivity index is 2.68. The lowest BCUT2D eigenvalue weighted by Crippen LogP contribution is -1.85. The summed E-state index contributed by atoms with van der Waals surface area (Å²) in [5.41, 5.74) is 0. The molecule has 8 N–H and O–H groups in total. The van der Waals surface area contributed by atoms with Crippen LogP contribution >= 0.6 is 0 Å². The van der Waals surface area contributed by atoms with Crippen LogP contribution in [-0.2, 0) is 0 Å². The van der Waals surface area contributed by atoms with E-state index in [1.807, 2.05) is 0 Å². The number of fused-ring (bicyclic) bond motifs is 2. The standard InChI is InChI=1S/C14H10O8/c15-5-2-3-1-4-7(10(18)6(3)11(19)9(5)17)12(20)14(22)13(21)8(4)16/h1-2,15-22H. The molecule has 0 fully saturated rings. The number of hydrogen-bond acceptors (Lipinski definition) is 8. The second-order valence-electron chi connectivity index (χ2n) is 4.73. The molecule has 0 saturated heterocycles. The minimum absolute atomic E-state index is 0.0117. The molecule has 3 rings (SSSR count). The van der Waals surface area contributed by atoms with Gasteiger partial charge in [0, 0.05) is 5.39 Å². The minimum atomic E-state index is -1.05. The summed E-state index contributed by atoms with van der Waals surface area (Å²) in [7, 11) is 0. The van der Waals surface area contributed by atoms with Crippen molar-refractivity contribution in [3.8, 4) is 46.0 Å². The van der Waals surface area contributed by atoms with Gasteiger partial charge in [0.05, 0.1) is 10.8 Å². The van der Waals surface area contributed by atoms with Crippen LogP contribution in [0.5, 0.6) is 46.0 Å².